The smallest absolute Gasteiger partial charge is 0.390 e. The Morgan fingerprint density at radius 3 is 2.19 bits per heavy atom. The quantitative estimate of drug-likeness (QED) is 0.193. The minimum atomic E-state index is -3.42. The largest absolute Gasteiger partial charge is 0.464 e. The third kappa shape index (κ3) is 12.1. The van der Waals surface area contributed by atoms with E-state index >= 15 is 0 Å². The molecule has 1 fully saturated rings. The molecule has 1 unspecified atom stereocenters. The maximum absolute atomic E-state index is 13.4. The van der Waals surface area contributed by atoms with Gasteiger partial charge in [-0.2, -0.15) is 0 Å². The fourth-order valence-corrected chi connectivity index (χ4v) is 7.58. The third-order valence-corrected chi connectivity index (χ3v) is 8.97. The van der Waals surface area contributed by atoms with E-state index in [1.807, 2.05) is 48.5 Å². The molecular formula is C22H44NO6PS. The lowest BCUT2D eigenvalue weighted by molar-refractivity contribution is -0.154. The maximum Gasteiger partial charge on any atom is 0.390 e. The van der Waals surface area contributed by atoms with Crippen molar-refractivity contribution in [3.8, 4) is 0 Å². The molecule has 0 bridgehead atoms. The molecule has 0 amide bonds. The standard InChI is InChI=1S/C22H44NO6PS/c1-9-10-22(7,8)29-30(25,28-20(2,3)4)31-18-17-27-19(24)21(5,6)11-12-23-13-15-26-16-14-23/h9-18H2,1-8H3. The molecule has 0 aromatic rings. The van der Waals surface area contributed by atoms with E-state index < -0.39 is 23.4 Å². The minimum absolute atomic E-state index is 0.166. The molecule has 0 saturated carbocycles. The van der Waals surface area contributed by atoms with Crippen molar-refractivity contribution >= 4 is 24.1 Å². The van der Waals surface area contributed by atoms with E-state index in [2.05, 4.69) is 11.8 Å². The van der Waals surface area contributed by atoms with E-state index in [0.29, 0.717) is 5.75 Å². The van der Waals surface area contributed by atoms with Gasteiger partial charge in [0.15, 0.2) is 0 Å². The highest BCUT2D eigenvalue weighted by atomic mass is 32.7. The zero-order chi connectivity index (χ0) is 23.8. The summed E-state index contributed by atoms with van der Waals surface area (Å²) >= 11 is 1.10. The zero-order valence-corrected chi connectivity index (χ0v) is 22.5. The first kappa shape index (κ1) is 28.9. The van der Waals surface area contributed by atoms with E-state index in [1.54, 1.807) is 0 Å². The molecule has 1 heterocycles. The molecule has 0 aliphatic carbocycles. The molecule has 1 rings (SSSR count). The number of nitrogens with zero attached hydrogens (tertiary/aromatic N) is 1. The van der Waals surface area contributed by atoms with Crippen LogP contribution in [0.25, 0.3) is 0 Å². The first-order valence-corrected chi connectivity index (χ1v) is 14.4. The lowest BCUT2D eigenvalue weighted by atomic mass is 9.89. The number of ether oxygens (including phenoxy) is 2. The summed E-state index contributed by atoms with van der Waals surface area (Å²) in [5.74, 6) is 0.112. The summed E-state index contributed by atoms with van der Waals surface area (Å²) in [6.45, 7) is 16.2. The second-order valence-corrected chi connectivity index (χ2v) is 14.4. The lowest BCUT2D eigenvalue weighted by Gasteiger charge is -2.33. The Morgan fingerprint density at radius 2 is 1.65 bits per heavy atom. The molecule has 184 valence electrons. The predicted octanol–water partition coefficient (Wildman–Crippen LogP) is 5.53. The van der Waals surface area contributed by atoms with Gasteiger partial charge in [0.1, 0.15) is 6.61 Å². The molecule has 0 aromatic carbocycles. The molecule has 9 heteroatoms. The number of hydrogen-bond acceptors (Lipinski definition) is 8. The molecule has 0 spiro atoms. The monoisotopic (exact) mass is 481 g/mol. The fourth-order valence-electron chi connectivity index (χ4n) is 3.20. The molecule has 0 radical (unpaired) electrons. The highest BCUT2D eigenvalue weighted by Crippen LogP contribution is 2.65. The molecule has 1 saturated heterocycles. The van der Waals surface area contributed by atoms with Crippen LogP contribution < -0.4 is 0 Å². The van der Waals surface area contributed by atoms with Crippen molar-refractivity contribution in [1.29, 1.82) is 0 Å². The van der Waals surface area contributed by atoms with Gasteiger partial charge in [0, 0.05) is 18.8 Å². The Balaban J connectivity index is 2.53. The normalized spacial score (nSPS) is 18.6. The van der Waals surface area contributed by atoms with Crippen LogP contribution >= 0.6 is 18.2 Å². The first-order valence-electron chi connectivity index (χ1n) is 11.3. The highest BCUT2D eigenvalue weighted by Gasteiger charge is 2.38. The van der Waals surface area contributed by atoms with E-state index in [-0.39, 0.29) is 12.6 Å². The van der Waals surface area contributed by atoms with E-state index in [1.165, 1.54) is 0 Å². The second kappa shape index (κ2) is 12.4. The van der Waals surface area contributed by atoms with Crippen molar-refractivity contribution in [3.63, 3.8) is 0 Å². The summed E-state index contributed by atoms with van der Waals surface area (Å²) in [6.07, 6.45) is 2.42. The summed E-state index contributed by atoms with van der Waals surface area (Å²) in [5, 5.41) is 0. The number of esters is 1. The SMILES string of the molecule is CCCC(C)(C)OP(=O)(OC(C)(C)C)SCCOC(=O)C(C)(C)CCN1CCOCC1. The Labute approximate surface area is 193 Å². The molecule has 31 heavy (non-hydrogen) atoms. The van der Waals surface area contributed by atoms with Gasteiger partial charge in [-0.15, -0.1) is 0 Å². The van der Waals surface area contributed by atoms with Gasteiger partial charge in [-0.25, -0.2) is 4.57 Å². The van der Waals surface area contributed by atoms with Crippen LogP contribution in [-0.4, -0.2) is 67.3 Å². The molecule has 0 N–H and O–H groups in total. The summed E-state index contributed by atoms with van der Waals surface area (Å²) in [6, 6.07) is 0. The van der Waals surface area contributed by atoms with Gasteiger partial charge in [0.05, 0.1) is 29.8 Å². The van der Waals surface area contributed by atoms with Gasteiger partial charge in [-0.1, -0.05) is 13.3 Å². The average molecular weight is 482 g/mol. The van der Waals surface area contributed by atoms with Gasteiger partial charge in [-0.3, -0.25) is 18.7 Å². The zero-order valence-electron chi connectivity index (χ0n) is 20.8. The average Bonchev–Trinajstić information content (AvgIpc) is 2.62. The summed E-state index contributed by atoms with van der Waals surface area (Å²) in [7, 11) is 0. The number of hydrogen-bond donors (Lipinski definition) is 0. The molecule has 0 aromatic heterocycles. The van der Waals surface area contributed by atoms with Gasteiger partial charge < -0.3 is 9.47 Å². The number of carbonyl (C=O) groups excluding carboxylic acids is 1. The molecule has 7 nitrogen and oxygen atoms in total. The molecule has 1 aliphatic rings. The van der Waals surface area contributed by atoms with E-state index in [0.717, 1.165) is 63.5 Å². The predicted molar refractivity (Wildman–Crippen MR) is 128 cm³/mol. The van der Waals surface area contributed by atoms with Crippen LogP contribution in [0.4, 0.5) is 0 Å². The summed E-state index contributed by atoms with van der Waals surface area (Å²) in [5.41, 5.74) is -1.74. The topological polar surface area (TPSA) is 74.3 Å². The Kier molecular flexibility index (Phi) is 11.6. The number of morpholine rings is 1. The van der Waals surface area contributed by atoms with Crippen molar-refractivity contribution in [2.24, 2.45) is 5.41 Å². The number of rotatable bonds is 13. The molecule has 1 atom stereocenters. The Hall–Kier alpha value is -0.110. The van der Waals surface area contributed by atoms with E-state index in [9.17, 15) is 9.36 Å². The van der Waals surface area contributed by atoms with Crippen molar-refractivity contribution in [3.05, 3.63) is 0 Å². The summed E-state index contributed by atoms with van der Waals surface area (Å²) in [4.78, 5) is 14.9. The van der Waals surface area contributed by atoms with Crippen LogP contribution in [0.3, 0.4) is 0 Å². The Morgan fingerprint density at radius 1 is 1.03 bits per heavy atom. The Bertz CT molecular complexity index is 599. The van der Waals surface area contributed by atoms with Gasteiger partial charge >= 0.3 is 12.8 Å². The molecular weight excluding hydrogens is 437 g/mol. The van der Waals surface area contributed by atoms with Crippen LogP contribution in [0.15, 0.2) is 0 Å². The summed E-state index contributed by atoms with van der Waals surface area (Å²) < 4.78 is 36.1. The van der Waals surface area contributed by atoms with Gasteiger partial charge in [-0.05, 0) is 79.2 Å². The maximum atomic E-state index is 13.4. The number of carbonyl (C=O) groups is 1. The van der Waals surface area contributed by atoms with Crippen LogP contribution in [0.2, 0.25) is 0 Å². The third-order valence-electron chi connectivity index (χ3n) is 4.87. The van der Waals surface area contributed by atoms with Gasteiger partial charge in [0.25, 0.3) is 0 Å². The van der Waals surface area contributed by atoms with Crippen LogP contribution in [0, 0.1) is 5.41 Å². The van der Waals surface area contributed by atoms with Crippen molar-refractivity contribution in [1.82, 2.24) is 4.90 Å². The van der Waals surface area contributed by atoms with E-state index in [4.69, 9.17) is 18.5 Å². The van der Waals surface area contributed by atoms with Crippen LogP contribution in [-0.2, 0) is 27.9 Å². The van der Waals surface area contributed by atoms with Gasteiger partial charge in [0.2, 0.25) is 0 Å². The van der Waals surface area contributed by atoms with Crippen LogP contribution in [0.1, 0.15) is 74.7 Å². The van der Waals surface area contributed by atoms with Crippen molar-refractivity contribution in [2.75, 3.05) is 45.2 Å². The fraction of sp³-hybridized carbons (Fsp3) is 0.955. The molecule has 1 aliphatic heterocycles. The first-order chi connectivity index (χ1) is 14.2. The van der Waals surface area contributed by atoms with Crippen molar-refractivity contribution < 1.29 is 27.9 Å². The lowest BCUT2D eigenvalue weighted by Crippen LogP contribution is -2.39. The minimum Gasteiger partial charge on any atom is -0.464 e. The second-order valence-electron chi connectivity index (χ2n) is 10.3. The van der Waals surface area contributed by atoms with Crippen molar-refractivity contribution in [2.45, 2.75) is 85.9 Å². The van der Waals surface area contributed by atoms with Crippen LogP contribution in [0.5, 0.6) is 0 Å². The highest BCUT2D eigenvalue weighted by molar-refractivity contribution is 8.55.